The number of nitrogens with zero attached hydrogens (tertiary/aromatic N) is 2. The average molecular weight is 305 g/mol. The Morgan fingerprint density at radius 3 is 2.37 bits per heavy atom. The number of carboxylic acid groups (broad SMARTS) is 1. The molecular formula is C12H14Cl2N2O3. The molecule has 0 aliphatic carbocycles. The molecule has 1 heterocycles. The maximum absolute atomic E-state index is 12.4. The number of carbonyl (C=O) groups is 2. The maximum Gasteiger partial charge on any atom is 0.329 e. The average Bonchev–Trinajstić information content (AvgIpc) is 2.28. The summed E-state index contributed by atoms with van der Waals surface area (Å²) in [5.74, 6) is -1.59. The topological polar surface area (TPSA) is 70.5 Å². The number of hydrogen-bond donors (Lipinski definition) is 1. The zero-order valence-electron chi connectivity index (χ0n) is 10.8. The molecule has 0 radical (unpaired) electrons. The SMILES string of the molecule is CCN(C(=O)c1ccc(Cl)nc1Cl)C(C)(C)C(=O)O. The van der Waals surface area contributed by atoms with E-state index in [9.17, 15) is 14.7 Å². The van der Waals surface area contributed by atoms with Gasteiger partial charge in [0.2, 0.25) is 0 Å². The Labute approximate surface area is 121 Å². The summed E-state index contributed by atoms with van der Waals surface area (Å²) in [6.45, 7) is 4.83. The van der Waals surface area contributed by atoms with Crippen LogP contribution < -0.4 is 0 Å². The lowest BCUT2D eigenvalue weighted by Crippen LogP contribution is -2.53. The largest absolute Gasteiger partial charge is 0.480 e. The second-order valence-electron chi connectivity index (χ2n) is 4.39. The fourth-order valence-electron chi connectivity index (χ4n) is 1.63. The number of pyridine rings is 1. The van der Waals surface area contributed by atoms with E-state index in [0.29, 0.717) is 0 Å². The van der Waals surface area contributed by atoms with E-state index >= 15 is 0 Å². The van der Waals surface area contributed by atoms with Gasteiger partial charge in [0.05, 0.1) is 5.56 Å². The van der Waals surface area contributed by atoms with E-state index in [1.165, 1.54) is 30.9 Å². The van der Waals surface area contributed by atoms with Gasteiger partial charge in [-0.2, -0.15) is 0 Å². The Balaban J connectivity index is 3.19. The molecule has 1 aromatic heterocycles. The summed E-state index contributed by atoms with van der Waals surface area (Å²) in [5.41, 5.74) is -1.21. The number of carbonyl (C=O) groups excluding carboxylic acids is 1. The van der Waals surface area contributed by atoms with E-state index in [0.717, 1.165) is 0 Å². The summed E-state index contributed by atoms with van der Waals surface area (Å²) >= 11 is 11.5. The molecule has 5 nitrogen and oxygen atoms in total. The van der Waals surface area contributed by atoms with Crippen molar-refractivity contribution in [2.45, 2.75) is 26.3 Å². The van der Waals surface area contributed by atoms with Crippen LogP contribution in [-0.2, 0) is 4.79 Å². The molecule has 0 atom stereocenters. The van der Waals surface area contributed by atoms with Crippen molar-refractivity contribution >= 4 is 35.1 Å². The third kappa shape index (κ3) is 3.16. The van der Waals surface area contributed by atoms with Crippen molar-refractivity contribution < 1.29 is 14.7 Å². The molecule has 0 aliphatic rings. The van der Waals surface area contributed by atoms with Crippen molar-refractivity contribution in [3.63, 3.8) is 0 Å². The molecular weight excluding hydrogens is 291 g/mol. The predicted octanol–water partition coefficient (Wildman–Crippen LogP) is 2.71. The fourth-order valence-corrected chi connectivity index (χ4v) is 2.05. The first kappa shape index (κ1) is 15.7. The number of rotatable bonds is 4. The molecule has 0 aromatic carbocycles. The molecule has 1 rings (SSSR count). The van der Waals surface area contributed by atoms with Crippen LogP contribution in [0, 0.1) is 0 Å². The van der Waals surface area contributed by atoms with Crippen LogP contribution in [0.15, 0.2) is 12.1 Å². The molecule has 104 valence electrons. The Morgan fingerprint density at radius 1 is 1.37 bits per heavy atom. The summed E-state index contributed by atoms with van der Waals surface area (Å²) in [6, 6.07) is 2.86. The molecule has 0 aliphatic heterocycles. The van der Waals surface area contributed by atoms with Crippen LogP contribution in [0.2, 0.25) is 10.3 Å². The molecule has 0 bridgehead atoms. The highest BCUT2D eigenvalue weighted by molar-refractivity contribution is 6.34. The number of likely N-dealkylation sites (N-methyl/N-ethyl adjacent to an activating group) is 1. The predicted molar refractivity (Wildman–Crippen MR) is 72.7 cm³/mol. The number of carboxylic acids is 1. The van der Waals surface area contributed by atoms with Gasteiger partial charge in [-0.15, -0.1) is 0 Å². The first-order chi connectivity index (χ1) is 8.71. The maximum atomic E-state index is 12.4. The standard InChI is InChI=1S/C12H14Cl2N2O3/c1-4-16(12(2,3)11(18)19)10(17)7-5-6-8(13)15-9(7)14/h5-6H,4H2,1-3H3,(H,18,19). The van der Waals surface area contributed by atoms with Crippen molar-refractivity contribution in [1.82, 2.24) is 9.88 Å². The number of aromatic nitrogens is 1. The number of halogens is 2. The minimum atomic E-state index is -1.34. The van der Waals surface area contributed by atoms with Gasteiger partial charge in [-0.05, 0) is 32.9 Å². The smallest absolute Gasteiger partial charge is 0.329 e. The van der Waals surface area contributed by atoms with Crippen LogP contribution in [0.3, 0.4) is 0 Å². The lowest BCUT2D eigenvalue weighted by Gasteiger charge is -2.34. The van der Waals surface area contributed by atoms with Gasteiger partial charge >= 0.3 is 5.97 Å². The van der Waals surface area contributed by atoms with E-state index in [2.05, 4.69) is 4.98 Å². The summed E-state index contributed by atoms with van der Waals surface area (Å²) in [4.78, 5) is 28.6. The summed E-state index contributed by atoms with van der Waals surface area (Å²) in [7, 11) is 0. The fraction of sp³-hybridized carbons (Fsp3) is 0.417. The lowest BCUT2D eigenvalue weighted by molar-refractivity contribution is -0.147. The Hall–Kier alpha value is -1.33. The minimum absolute atomic E-state index is 0.0443. The van der Waals surface area contributed by atoms with Crippen LogP contribution in [0.4, 0.5) is 0 Å². The van der Waals surface area contributed by atoms with E-state index < -0.39 is 17.4 Å². The molecule has 7 heteroatoms. The Morgan fingerprint density at radius 2 is 1.95 bits per heavy atom. The van der Waals surface area contributed by atoms with Crippen molar-refractivity contribution in [2.75, 3.05) is 6.54 Å². The zero-order chi connectivity index (χ0) is 14.8. The second kappa shape index (κ2) is 5.75. The quantitative estimate of drug-likeness (QED) is 0.868. The highest BCUT2D eigenvalue weighted by Gasteiger charge is 2.37. The van der Waals surface area contributed by atoms with Gasteiger partial charge < -0.3 is 10.0 Å². The minimum Gasteiger partial charge on any atom is -0.480 e. The molecule has 0 fully saturated rings. The third-order valence-corrected chi connectivity index (χ3v) is 3.30. The normalized spacial score (nSPS) is 11.2. The molecule has 1 N–H and O–H groups in total. The molecule has 1 amide bonds. The van der Waals surface area contributed by atoms with Gasteiger partial charge in [0.15, 0.2) is 0 Å². The van der Waals surface area contributed by atoms with E-state index in [-0.39, 0.29) is 22.4 Å². The molecule has 0 saturated carbocycles. The van der Waals surface area contributed by atoms with Crippen molar-refractivity contribution in [3.05, 3.63) is 28.0 Å². The van der Waals surface area contributed by atoms with Crippen molar-refractivity contribution in [1.29, 1.82) is 0 Å². The van der Waals surface area contributed by atoms with Crippen LogP contribution in [-0.4, -0.2) is 39.0 Å². The van der Waals surface area contributed by atoms with Crippen LogP contribution >= 0.6 is 23.2 Å². The molecule has 0 unspecified atom stereocenters. The van der Waals surface area contributed by atoms with Gasteiger partial charge in [-0.25, -0.2) is 9.78 Å². The molecule has 1 aromatic rings. The van der Waals surface area contributed by atoms with Gasteiger partial charge in [-0.3, -0.25) is 4.79 Å². The third-order valence-electron chi connectivity index (χ3n) is 2.80. The Bertz CT molecular complexity index is 518. The summed E-state index contributed by atoms with van der Waals surface area (Å²) in [5, 5.41) is 9.31. The van der Waals surface area contributed by atoms with Gasteiger partial charge in [-0.1, -0.05) is 23.2 Å². The van der Waals surface area contributed by atoms with Gasteiger partial charge in [0.25, 0.3) is 5.91 Å². The van der Waals surface area contributed by atoms with Crippen LogP contribution in [0.1, 0.15) is 31.1 Å². The van der Waals surface area contributed by atoms with E-state index in [1.54, 1.807) is 6.92 Å². The lowest BCUT2D eigenvalue weighted by atomic mass is 10.0. The van der Waals surface area contributed by atoms with E-state index in [4.69, 9.17) is 23.2 Å². The first-order valence-corrected chi connectivity index (χ1v) is 6.34. The number of hydrogen-bond acceptors (Lipinski definition) is 3. The Kier molecular flexibility index (Phi) is 4.76. The number of aliphatic carboxylic acids is 1. The highest BCUT2D eigenvalue weighted by atomic mass is 35.5. The van der Waals surface area contributed by atoms with E-state index in [1.807, 2.05) is 0 Å². The highest BCUT2D eigenvalue weighted by Crippen LogP contribution is 2.23. The van der Waals surface area contributed by atoms with Gasteiger partial charge in [0, 0.05) is 6.54 Å². The van der Waals surface area contributed by atoms with Gasteiger partial charge in [0.1, 0.15) is 15.8 Å². The summed E-state index contributed by atoms with van der Waals surface area (Å²) in [6.07, 6.45) is 0. The first-order valence-electron chi connectivity index (χ1n) is 5.59. The summed E-state index contributed by atoms with van der Waals surface area (Å²) < 4.78 is 0. The van der Waals surface area contributed by atoms with Crippen molar-refractivity contribution in [3.8, 4) is 0 Å². The molecule has 19 heavy (non-hydrogen) atoms. The van der Waals surface area contributed by atoms with Crippen LogP contribution in [0.5, 0.6) is 0 Å². The second-order valence-corrected chi connectivity index (χ2v) is 5.13. The number of amides is 1. The molecule has 0 spiro atoms. The monoisotopic (exact) mass is 304 g/mol. The van der Waals surface area contributed by atoms with Crippen molar-refractivity contribution in [2.24, 2.45) is 0 Å². The van der Waals surface area contributed by atoms with Crippen LogP contribution in [0.25, 0.3) is 0 Å². The zero-order valence-corrected chi connectivity index (χ0v) is 12.3. The molecule has 0 saturated heterocycles.